The zero-order valence-corrected chi connectivity index (χ0v) is 12.4. The van der Waals surface area contributed by atoms with Crippen molar-refractivity contribution in [2.75, 3.05) is 12.4 Å². The van der Waals surface area contributed by atoms with Crippen LogP contribution in [0.3, 0.4) is 0 Å². The molecular formula is C13H24N4OS. The molecule has 0 amide bonds. The minimum Gasteiger partial charge on any atom is -0.396 e. The fraction of sp³-hybridized carbons (Fsp3) is 0.846. The van der Waals surface area contributed by atoms with Crippen LogP contribution in [0, 0.1) is 0 Å². The maximum absolute atomic E-state index is 8.77. The molecule has 0 saturated heterocycles. The van der Waals surface area contributed by atoms with Crippen LogP contribution in [0.2, 0.25) is 0 Å². The molecule has 0 aliphatic heterocycles. The highest BCUT2D eigenvalue weighted by molar-refractivity contribution is 7.99. The van der Waals surface area contributed by atoms with E-state index in [0.29, 0.717) is 6.04 Å². The molecule has 1 heterocycles. The smallest absolute Gasteiger partial charge is 0.0964 e. The van der Waals surface area contributed by atoms with Gasteiger partial charge in [0.2, 0.25) is 0 Å². The molecule has 6 heteroatoms. The van der Waals surface area contributed by atoms with Crippen LogP contribution in [-0.4, -0.2) is 43.8 Å². The standard InChI is InChI=1S/C13H24N4OS/c1-2-19-13-5-4-11(8-13)14-9-12-10-17(16-15-12)6-3-7-18/h10-11,13-14,18H,2-9H2,1H3. The van der Waals surface area contributed by atoms with Crippen LogP contribution in [-0.2, 0) is 13.1 Å². The molecule has 5 nitrogen and oxygen atoms in total. The highest BCUT2D eigenvalue weighted by Crippen LogP contribution is 2.29. The Morgan fingerprint density at radius 2 is 2.42 bits per heavy atom. The lowest BCUT2D eigenvalue weighted by atomic mass is 10.2. The van der Waals surface area contributed by atoms with E-state index in [-0.39, 0.29) is 6.61 Å². The Hall–Kier alpha value is -0.590. The molecule has 1 saturated carbocycles. The van der Waals surface area contributed by atoms with Crippen LogP contribution >= 0.6 is 11.8 Å². The maximum atomic E-state index is 8.77. The summed E-state index contributed by atoms with van der Waals surface area (Å²) in [6, 6.07) is 0.631. The molecule has 19 heavy (non-hydrogen) atoms. The van der Waals surface area contributed by atoms with Gasteiger partial charge in [-0.15, -0.1) is 5.10 Å². The van der Waals surface area contributed by atoms with Crippen molar-refractivity contribution in [2.45, 2.75) is 57.0 Å². The molecule has 108 valence electrons. The lowest BCUT2D eigenvalue weighted by Gasteiger charge is -2.11. The summed E-state index contributed by atoms with van der Waals surface area (Å²) in [6.07, 6.45) is 6.58. The van der Waals surface area contributed by atoms with Crippen LogP contribution in [0.4, 0.5) is 0 Å². The largest absolute Gasteiger partial charge is 0.396 e. The van der Waals surface area contributed by atoms with E-state index in [1.807, 2.05) is 6.20 Å². The quantitative estimate of drug-likeness (QED) is 0.756. The summed E-state index contributed by atoms with van der Waals surface area (Å²) in [5.74, 6) is 1.22. The van der Waals surface area contributed by atoms with Crippen LogP contribution in [0.5, 0.6) is 0 Å². The lowest BCUT2D eigenvalue weighted by molar-refractivity contribution is 0.276. The van der Waals surface area contributed by atoms with Gasteiger partial charge in [0.1, 0.15) is 0 Å². The Balaban J connectivity index is 1.69. The first-order valence-electron chi connectivity index (χ1n) is 7.16. The first-order chi connectivity index (χ1) is 9.31. The van der Waals surface area contributed by atoms with Crippen molar-refractivity contribution in [1.29, 1.82) is 0 Å². The summed E-state index contributed by atoms with van der Waals surface area (Å²) in [4.78, 5) is 0. The molecule has 2 unspecified atom stereocenters. The number of aliphatic hydroxyl groups excluding tert-OH is 1. The Morgan fingerprint density at radius 3 is 3.21 bits per heavy atom. The molecule has 2 N–H and O–H groups in total. The van der Waals surface area contributed by atoms with Crippen LogP contribution in [0.1, 0.15) is 38.3 Å². The molecule has 0 bridgehead atoms. The fourth-order valence-electron chi connectivity index (χ4n) is 2.52. The Kier molecular flexibility index (Phi) is 6.13. The molecule has 1 aromatic heterocycles. The van der Waals surface area contributed by atoms with Crippen molar-refractivity contribution in [3.05, 3.63) is 11.9 Å². The lowest BCUT2D eigenvalue weighted by Crippen LogP contribution is -2.26. The highest BCUT2D eigenvalue weighted by Gasteiger charge is 2.24. The van der Waals surface area contributed by atoms with Gasteiger partial charge in [-0.2, -0.15) is 11.8 Å². The van der Waals surface area contributed by atoms with Crippen molar-refractivity contribution in [3.63, 3.8) is 0 Å². The molecular weight excluding hydrogens is 260 g/mol. The van der Waals surface area contributed by atoms with Crippen molar-refractivity contribution in [2.24, 2.45) is 0 Å². The molecule has 2 atom stereocenters. The van der Waals surface area contributed by atoms with Gasteiger partial charge in [0, 0.05) is 37.2 Å². The van der Waals surface area contributed by atoms with E-state index in [1.54, 1.807) is 4.68 Å². The summed E-state index contributed by atoms with van der Waals surface area (Å²) >= 11 is 2.08. The number of aryl methyl sites for hydroxylation is 1. The van der Waals surface area contributed by atoms with Crippen molar-refractivity contribution >= 4 is 11.8 Å². The van der Waals surface area contributed by atoms with Crippen molar-refractivity contribution < 1.29 is 5.11 Å². The summed E-state index contributed by atoms with van der Waals surface area (Å²) in [7, 11) is 0. The zero-order valence-electron chi connectivity index (χ0n) is 11.6. The third-order valence-corrected chi connectivity index (χ3v) is 4.72. The second-order valence-corrected chi connectivity index (χ2v) is 6.60. The van der Waals surface area contributed by atoms with Gasteiger partial charge in [-0.1, -0.05) is 12.1 Å². The summed E-state index contributed by atoms with van der Waals surface area (Å²) in [5.41, 5.74) is 0.990. The Labute approximate surface area is 119 Å². The van der Waals surface area contributed by atoms with E-state index in [1.165, 1.54) is 25.0 Å². The van der Waals surface area contributed by atoms with E-state index in [2.05, 4.69) is 34.3 Å². The van der Waals surface area contributed by atoms with E-state index in [4.69, 9.17) is 5.11 Å². The third-order valence-electron chi connectivity index (χ3n) is 3.49. The second kappa shape index (κ2) is 7.87. The molecule has 1 aromatic rings. The first-order valence-corrected chi connectivity index (χ1v) is 8.21. The molecule has 0 spiro atoms. The monoisotopic (exact) mass is 284 g/mol. The molecule has 1 aliphatic carbocycles. The van der Waals surface area contributed by atoms with Gasteiger partial charge in [-0.05, 0) is 31.4 Å². The third kappa shape index (κ3) is 4.78. The first kappa shape index (κ1) is 14.8. The van der Waals surface area contributed by atoms with Gasteiger partial charge in [-0.25, -0.2) is 0 Å². The van der Waals surface area contributed by atoms with Gasteiger partial charge < -0.3 is 10.4 Å². The molecule has 1 fully saturated rings. The topological polar surface area (TPSA) is 63.0 Å². The van der Waals surface area contributed by atoms with Gasteiger partial charge in [0.25, 0.3) is 0 Å². The van der Waals surface area contributed by atoms with Gasteiger partial charge in [0.05, 0.1) is 5.69 Å². The van der Waals surface area contributed by atoms with Gasteiger partial charge in [0.15, 0.2) is 0 Å². The Bertz CT molecular complexity index is 371. The second-order valence-electron chi connectivity index (χ2n) is 5.02. The van der Waals surface area contributed by atoms with Crippen molar-refractivity contribution in [1.82, 2.24) is 20.3 Å². The van der Waals surface area contributed by atoms with E-state index < -0.39 is 0 Å². The maximum Gasteiger partial charge on any atom is 0.0964 e. The van der Waals surface area contributed by atoms with Gasteiger partial charge in [-0.3, -0.25) is 4.68 Å². The minimum absolute atomic E-state index is 0.200. The molecule has 0 aromatic carbocycles. The predicted molar refractivity (Wildman–Crippen MR) is 78.1 cm³/mol. The van der Waals surface area contributed by atoms with E-state index in [0.717, 1.165) is 30.5 Å². The van der Waals surface area contributed by atoms with E-state index >= 15 is 0 Å². The number of thioether (sulfide) groups is 1. The zero-order chi connectivity index (χ0) is 13.5. The number of hydrogen-bond acceptors (Lipinski definition) is 5. The average Bonchev–Trinajstić information content (AvgIpc) is 3.03. The van der Waals surface area contributed by atoms with Gasteiger partial charge >= 0.3 is 0 Å². The van der Waals surface area contributed by atoms with Crippen LogP contribution in [0.25, 0.3) is 0 Å². The average molecular weight is 284 g/mol. The molecule has 2 rings (SSSR count). The summed E-state index contributed by atoms with van der Waals surface area (Å²) in [6.45, 7) is 3.97. The number of hydrogen-bond donors (Lipinski definition) is 2. The highest BCUT2D eigenvalue weighted by atomic mass is 32.2. The summed E-state index contributed by atoms with van der Waals surface area (Å²) in [5, 5.41) is 21.4. The SMILES string of the molecule is CCSC1CCC(NCc2cn(CCCO)nn2)C1. The molecule has 0 radical (unpaired) electrons. The van der Waals surface area contributed by atoms with Crippen molar-refractivity contribution in [3.8, 4) is 0 Å². The number of nitrogens with zero attached hydrogens (tertiary/aromatic N) is 3. The fourth-order valence-corrected chi connectivity index (χ4v) is 3.67. The predicted octanol–water partition coefficient (Wildman–Crippen LogP) is 1.42. The van der Waals surface area contributed by atoms with Crippen LogP contribution < -0.4 is 5.32 Å². The number of rotatable bonds is 8. The number of nitrogens with one attached hydrogen (secondary N) is 1. The normalized spacial score (nSPS) is 23.1. The Morgan fingerprint density at radius 1 is 1.53 bits per heavy atom. The summed E-state index contributed by atoms with van der Waals surface area (Å²) < 4.78 is 1.80. The van der Waals surface area contributed by atoms with Crippen LogP contribution in [0.15, 0.2) is 6.20 Å². The number of aliphatic hydroxyl groups is 1. The number of aromatic nitrogens is 3. The molecule has 1 aliphatic rings. The minimum atomic E-state index is 0.200. The van der Waals surface area contributed by atoms with E-state index in [9.17, 15) is 0 Å².